The molecule has 2 aliphatic carbocycles. The molecule has 2 aromatic heterocycles. The third-order valence-electron chi connectivity index (χ3n) is 7.94. The molecule has 170 valence electrons. The van der Waals surface area contributed by atoms with Crippen molar-refractivity contribution in [1.29, 1.82) is 0 Å². The van der Waals surface area contributed by atoms with E-state index >= 15 is 0 Å². The average Bonchev–Trinajstić information content (AvgIpc) is 3.52. The van der Waals surface area contributed by atoms with Crippen molar-refractivity contribution in [2.45, 2.75) is 57.7 Å². The van der Waals surface area contributed by atoms with Crippen LogP contribution >= 0.6 is 11.6 Å². The number of halogens is 2. The predicted molar refractivity (Wildman–Crippen MR) is 124 cm³/mol. The highest BCUT2D eigenvalue weighted by Gasteiger charge is 2.54. The second kappa shape index (κ2) is 7.00. The molecular formula is C25H26ClFN6. The van der Waals surface area contributed by atoms with E-state index in [1.165, 1.54) is 24.1 Å². The van der Waals surface area contributed by atoms with Crippen LogP contribution in [0.3, 0.4) is 0 Å². The largest absolute Gasteiger partial charge is 0.355 e. The fraction of sp³-hybridized carbons (Fsp3) is 0.480. The van der Waals surface area contributed by atoms with Gasteiger partial charge in [0, 0.05) is 47.6 Å². The zero-order valence-corrected chi connectivity index (χ0v) is 19.4. The summed E-state index contributed by atoms with van der Waals surface area (Å²) in [5.74, 6) is 2.88. The highest BCUT2D eigenvalue weighted by atomic mass is 35.5. The number of nitrogens with zero attached hydrogens (tertiary/aromatic N) is 6. The summed E-state index contributed by atoms with van der Waals surface area (Å²) in [6.45, 7) is 5.36. The maximum Gasteiger partial charge on any atom is 0.217 e. The van der Waals surface area contributed by atoms with Crippen LogP contribution in [0.1, 0.15) is 54.4 Å². The van der Waals surface area contributed by atoms with Gasteiger partial charge in [-0.1, -0.05) is 17.7 Å². The molecule has 0 radical (unpaired) electrons. The molecule has 8 heteroatoms. The van der Waals surface area contributed by atoms with Crippen LogP contribution in [-0.4, -0.2) is 43.8 Å². The minimum absolute atomic E-state index is 0.285. The molecule has 1 spiro atoms. The van der Waals surface area contributed by atoms with E-state index in [1.807, 2.05) is 18.2 Å². The Morgan fingerprint density at radius 2 is 1.88 bits per heavy atom. The summed E-state index contributed by atoms with van der Waals surface area (Å²) in [6.07, 6.45) is 4.70. The topological polar surface area (TPSA) is 50.1 Å². The van der Waals surface area contributed by atoms with E-state index in [0.717, 1.165) is 61.5 Å². The molecule has 1 saturated heterocycles. The van der Waals surface area contributed by atoms with Crippen molar-refractivity contribution >= 4 is 17.4 Å². The number of aromatic nitrogens is 4. The average molecular weight is 465 g/mol. The number of fused-ring (bicyclic) bond motifs is 3. The standard InChI is InChI=1S/C25H26ClFN6/c1-15-2-7-21(28-23(15)27)32-13-25(14-32)9-17(10-25)24-30-29-22-12-31(19-4-5-19)11-16-8-18(26)3-6-20(16)33(22)24/h2-3,6-8,17,19H,4-5,9-14H2,1H3. The van der Waals surface area contributed by atoms with Gasteiger partial charge in [-0.05, 0) is 62.4 Å². The van der Waals surface area contributed by atoms with E-state index in [4.69, 9.17) is 16.7 Å². The van der Waals surface area contributed by atoms with Crippen LogP contribution in [0.5, 0.6) is 0 Å². The molecule has 0 N–H and O–H groups in total. The molecule has 33 heavy (non-hydrogen) atoms. The van der Waals surface area contributed by atoms with Gasteiger partial charge in [0.25, 0.3) is 0 Å². The Bertz CT molecular complexity index is 1250. The number of hydrogen-bond donors (Lipinski definition) is 0. The number of anilines is 1. The SMILES string of the molecule is Cc1ccc(N2CC3(CC(c4nnc5n4-c4ccc(Cl)cc4CN(C4CC4)C5)C3)C2)nc1F. The number of rotatable bonds is 3. The van der Waals surface area contributed by atoms with Crippen LogP contribution in [0.4, 0.5) is 10.2 Å². The van der Waals surface area contributed by atoms with Crippen LogP contribution in [0.15, 0.2) is 30.3 Å². The van der Waals surface area contributed by atoms with E-state index in [0.29, 0.717) is 17.5 Å². The van der Waals surface area contributed by atoms with Crippen molar-refractivity contribution < 1.29 is 4.39 Å². The molecule has 4 heterocycles. The lowest BCUT2D eigenvalue weighted by atomic mass is 9.57. The summed E-state index contributed by atoms with van der Waals surface area (Å²) in [5, 5.41) is 10.1. The fourth-order valence-corrected chi connectivity index (χ4v) is 6.23. The van der Waals surface area contributed by atoms with Crippen LogP contribution in [0.25, 0.3) is 5.69 Å². The lowest BCUT2D eigenvalue weighted by molar-refractivity contribution is 0.0580. The minimum atomic E-state index is -0.370. The monoisotopic (exact) mass is 464 g/mol. The molecular weight excluding hydrogens is 439 g/mol. The van der Waals surface area contributed by atoms with Crippen molar-refractivity contribution in [3.63, 3.8) is 0 Å². The summed E-state index contributed by atoms with van der Waals surface area (Å²) in [5.41, 5.74) is 3.30. The normalized spacial score (nSPS) is 21.8. The molecule has 3 fully saturated rings. The smallest absolute Gasteiger partial charge is 0.217 e. The molecule has 2 saturated carbocycles. The zero-order valence-electron chi connectivity index (χ0n) is 18.6. The first-order valence-corrected chi connectivity index (χ1v) is 12.2. The van der Waals surface area contributed by atoms with E-state index in [9.17, 15) is 4.39 Å². The summed E-state index contributed by atoms with van der Waals surface area (Å²) < 4.78 is 16.2. The Kier molecular flexibility index (Phi) is 4.22. The van der Waals surface area contributed by atoms with E-state index in [1.54, 1.807) is 6.92 Å². The van der Waals surface area contributed by atoms with Gasteiger partial charge in [-0.15, -0.1) is 10.2 Å². The maximum absolute atomic E-state index is 13.9. The molecule has 1 aromatic carbocycles. The summed E-state index contributed by atoms with van der Waals surface area (Å²) in [7, 11) is 0. The van der Waals surface area contributed by atoms with Crippen molar-refractivity contribution in [2.75, 3.05) is 18.0 Å². The number of benzene rings is 1. The molecule has 7 rings (SSSR count). The van der Waals surface area contributed by atoms with Gasteiger partial charge >= 0.3 is 0 Å². The van der Waals surface area contributed by atoms with Crippen molar-refractivity contribution in [2.24, 2.45) is 5.41 Å². The maximum atomic E-state index is 13.9. The van der Waals surface area contributed by atoms with Gasteiger partial charge in [0.2, 0.25) is 5.95 Å². The molecule has 4 aliphatic rings. The lowest BCUT2D eigenvalue weighted by Gasteiger charge is -2.59. The Labute approximate surface area is 197 Å². The van der Waals surface area contributed by atoms with Crippen LogP contribution in [0.2, 0.25) is 5.02 Å². The van der Waals surface area contributed by atoms with Gasteiger partial charge in [-0.25, -0.2) is 4.98 Å². The Morgan fingerprint density at radius 3 is 2.64 bits per heavy atom. The van der Waals surface area contributed by atoms with Crippen molar-refractivity contribution in [3.05, 3.63) is 64.1 Å². The van der Waals surface area contributed by atoms with Crippen LogP contribution < -0.4 is 4.90 Å². The van der Waals surface area contributed by atoms with Gasteiger partial charge in [0.15, 0.2) is 5.82 Å². The van der Waals surface area contributed by atoms with Crippen LogP contribution in [0, 0.1) is 18.3 Å². The van der Waals surface area contributed by atoms with E-state index in [2.05, 4.69) is 36.6 Å². The second-order valence-electron chi connectivity index (χ2n) is 10.5. The molecule has 2 aliphatic heterocycles. The molecule has 3 aromatic rings. The quantitative estimate of drug-likeness (QED) is 0.529. The first-order valence-electron chi connectivity index (χ1n) is 11.8. The van der Waals surface area contributed by atoms with Crippen molar-refractivity contribution in [1.82, 2.24) is 24.6 Å². The highest BCUT2D eigenvalue weighted by Crippen LogP contribution is 2.56. The van der Waals surface area contributed by atoms with Gasteiger partial charge in [-0.2, -0.15) is 4.39 Å². The first-order chi connectivity index (χ1) is 16.0. The lowest BCUT2D eigenvalue weighted by Crippen LogP contribution is -2.62. The third kappa shape index (κ3) is 3.20. The third-order valence-corrected chi connectivity index (χ3v) is 8.17. The van der Waals surface area contributed by atoms with E-state index in [-0.39, 0.29) is 11.4 Å². The molecule has 0 amide bonds. The van der Waals surface area contributed by atoms with Gasteiger partial charge < -0.3 is 4.90 Å². The number of pyridine rings is 1. The van der Waals surface area contributed by atoms with Gasteiger partial charge in [0.05, 0.1) is 12.2 Å². The summed E-state index contributed by atoms with van der Waals surface area (Å²) in [6, 6.07) is 10.6. The Balaban J connectivity index is 1.13. The number of aryl methyl sites for hydroxylation is 1. The molecule has 0 unspecified atom stereocenters. The predicted octanol–water partition coefficient (Wildman–Crippen LogP) is 4.63. The summed E-state index contributed by atoms with van der Waals surface area (Å²) in [4.78, 5) is 8.84. The number of hydrogen-bond acceptors (Lipinski definition) is 5. The Morgan fingerprint density at radius 1 is 1.06 bits per heavy atom. The molecule has 0 bridgehead atoms. The van der Waals surface area contributed by atoms with Crippen molar-refractivity contribution in [3.8, 4) is 5.69 Å². The summed E-state index contributed by atoms with van der Waals surface area (Å²) >= 11 is 6.37. The van der Waals surface area contributed by atoms with E-state index < -0.39 is 0 Å². The van der Waals surface area contributed by atoms with Gasteiger partial charge in [-0.3, -0.25) is 9.47 Å². The zero-order chi connectivity index (χ0) is 22.3. The fourth-order valence-electron chi connectivity index (χ4n) is 6.03. The van der Waals surface area contributed by atoms with Crippen LogP contribution in [-0.2, 0) is 13.1 Å². The molecule has 6 nitrogen and oxygen atoms in total. The highest BCUT2D eigenvalue weighted by molar-refractivity contribution is 6.30. The second-order valence-corrected chi connectivity index (χ2v) is 10.9. The minimum Gasteiger partial charge on any atom is -0.355 e. The van der Waals surface area contributed by atoms with Gasteiger partial charge in [0.1, 0.15) is 11.6 Å². The molecule has 0 atom stereocenters. The Hall–Kier alpha value is -2.51. The first kappa shape index (κ1) is 19.9.